The number of rotatable bonds is 4. The van der Waals surface area contributed by atoms with Gasteiger partial charge in [0.1, 0.15) is 0 Å². The molecule has 0 radical (unpaired) electrons. The SMILES string of the molecule is c1cc(CNCc2cccc3[nH]ccc23)c2cc[nH]c2c1. The average molecular weight is 275 g/mol. The topological polar surface area (TPSA) is 43.6 Å². The maximum atomic E-state index is 3.55. The Hall–Kier alpha value is -2.52. The molecule has 0 aliphatic heterocycles. The number of fused-ring (bicyclic) bond motifs is 2. The van der Waals surface area contributed by atoms with E-state index in [0.29, 0.717) is 0 Å². The van der Waals surface area contributed by atoms with Crippen molar-refractivity contribution < 1.29 is 0 Å². The highest BCUT2D eigenvalue weighted by Crippen LogP contribution is 2.19. The Morgan fingerprint density at radius 1 is 0.667 bits per heavy atom. The monoisotopic (exact) mass is 275 g/mol. The van der Waals surface area contributed by atoms with Gasteiger partial charge in [0, 0.05) is 47.3 Å². The van der Waals surface area contributed by atoms with E-state index in [-0.39, 0.29) is 0 Å². The lowest BCUT2D eigenvalue weighted by Crippen LogP contribution is -2.12. The fourth-order valence-electron chi connectivity index (χ4n) is 2.94. The third kappa shape index (κ3) is 2.22. The van der Waals surface area contributed by atoms with Crippen LogP contribution in [0.3, 0.4) is 0 Å². The summed E-state index contributed by atoms with van der Waals surface area (Å²) in [7, 11) is 0. The fourth-order valence-corrected chi connectivity index (χ4v) is 2.94. The van der Waals surface area contributed by atoms with Gasteiger partial charge in [-0.1, -0.05) is 24.3 Å². The van der Waals surface area contributed by atoms with Gasteiger partial charge in [-0.15, -0.1) is 0 Å². The summed E-state index contributed by atoms with van der Waals surface area (Å²) >= 11 is 0. The van der Waals surface area contributed by atoms with E-state index in [4.69, 9.17) is 0 Å². The zero-order chi connectivity index (χ0) is 14.1. The largest absolute Gasteiger partial charge is 0.361 e. The van der Waals surface area contributed by atoms with Gasteiger partial charge < -0.3 is 15.3 Å². The van der Waals surface area contributed by atoms with Crippen LogP contribution in [0.25, 0.3) is 21.8 Å². The van der Waals surface area contributed by atoms with Crippen LogP contribution in [0.2, 0.25) is 0 Å². The molecule has 0 amide bonds. The van der Waals surface area contributed by atoms with Crippen LogP contribution in [0.4, 0.5) is 0 Å². The molecule has 21 heavy (non-hydrogen) atoms. The predicted molar refractivity (Wildman–Crippen MR) is 87.1 cm³/mol. The van der Waals surface area contributed by atoms with Crippen molar-refractivity contribution in [2.24, 2.45) is 0 Å². The van der Waals surface area contributed by atoms with Gasteiger partial charge in [0.05, 0.1) is 0 Å². The fraction of sp³-hybridized carbons (Fsp3) is 0.111. The normalized spacial score (nSPS) is 11.4. The van der Waals surface area contributed by atoms with Crippen molar-refractivity contribution in [1.82, 2.24) is 15.3 Å². The van der Waals surface area contributed by atoms with E-state index >= 15 is 0 Å². The Bertz CT molecular complexity index is 811. The Balaban J connectivity index is 1.53. The molecule has 0 atom stereocenters. The quantitative estimate of drug-likeness (QED) is 0.519. The van der Waals surface area contributed by atoms with Crippen LogP contribution in [0.15, 0.2) is 60.9 Å². The Morgan fingerprint density at radius 3 is 1.71 bits per heavy atom. The number of aromatic nitrogens is 2. The van der Waals surface area contributed by atoms with Gasteiger partial charge in [-0.25, -0.2) is 0 Å². The molecular formula is C18H17N3. The summed E-state index contributed by atoms with van der Waals surface area (Å²) in [6.45, 7) is 1.74. The standard InChI is InChI=1S/C18H17N3/c1-3-13(15-7-9-20-17(15)5-1)11-19-12-14-4-2-6-18-16(14)8-10-21-18/h1-10,19-21H,11-12H2. The molecule has 2 aromatic carbocycles. The third-order valence-corrected chi connectivity index (χ3v) is 4.00. The molecule has 0 spiro atoms. The Kier molecular flexibility index (Phi) is 2.98. The second kappa shape index (κ2) is 5.11. The molecule has 0 saturated carbocycles. The molecule has 0 saturated heterocycles. The molecule has 4 aromatic rings. The Labute approximate surface area is 123 Å². The molecule has 0 aliphatic carbocycles. The third-order valence-electron chi connectivity index (χ3n) is 4.00. The second-order valence-electron chi connectivity index (χ2n) is 5.32. The van der Waals surface area contributed by atoms with Gasteiger partial charge >= 0.3 is 0 Å². The molecular weight excluding hydrogens is 258 g/mol. The first-order valence-electron chi connectivity index (χ1n) is 7.22. The molecule has 0 bridgehead atoms. The van der Waals surface area contributed by atoms with Gasteiger partial charge in [0.15, 0.2) is 0 Å². The minimum atomic E-state index is 0.871. The van der Waals surface area contributed by atoms with E-state index in [9.17, 15) is 0 Å². The summed E-state index contributed by atoms with van der Waals surface area (Å²) in [5, 5.41) is 6.15. The van der Waals surface area contributed by atoms with Gasteiger partial charge in [-0.2, -0.15) is 0 Å². The maximum Gasteiger partial charge on any atom is 0.0457 e. The number of H-pyrrole nitrogens is 2. The van der Waals surface area contributed by atoms with Gasteiger partial charge in [0.25, 0.3) is 0 Å². The van der Waals surface area contributed by atoms with Crippen molar-refractivity contribution in [1.29, 1.82) is 0 Å². The van der Waals surface area contributed by atoms with Crippen molar-refractivity contribution >= 4 is 21.8 Å². The molecule has 2 aromatic heterocycles. The molecule has 4 rings (SSSR count). The van der Waals surface area contributed by atoms with Crippen LogP contribution in [0.1, 0.15) is 11.1 Å². The van der Waals surface area contributed by atoms with Crippen molar-refractivity contribution in [3.05, 3.63) is 72.1 Å². The van der Waals surface area contributed by atoms with E-state index in [2.05, 4.69) is 63.8 Å². The van der Waals surface area contributed by atoms with Gasteiger partial charge in [-0.3, -0.25) is 0 Å². The zero-order valence-corrected chi connectivity index (χ0v) is 11.7. The molecule has 0 fully saturated rings. The van der Waals surface area contributed by atoms with Crippen LogP contribution in [0.5, 0.6) is 0 Å². The zero-order valence-electron chi connectivity index (χ0n) is 11.7. The molecule has 0 unspecified atom stereocenters. The highest BCUT2D eigenvalue weighted by atomic mass is 14.8. The summed E-state index contributed by atoms with van der Waals surface area (Å²) in [6, 6.07) is 17.1. The smallest absolute Gasteiger partial charge is 0.0457 e. The maximum absolute atomic E-state index is 3.55. The Morgan fingerprint density at radius 2 is 1.19 bits per heavy atom. The van der Waals surface area contributed by atoms with E-state index in [1.807, 2.05) is 12.4 Å². The highest BCUT2D eigenvalue weighted by molar-refractivity contribution is 5.83. The van der Waals surface area contributed by atoms with E-state index in [1.165, 1.54) is 32.9 Å². The van der Waals surface area contributed by atoms with E-state index in [1.54, 1.807) is 0 Å². The van der Waals surface area contributed by atoms with Crippen molar-refractivity contribution in [3.8, 4) is 0 Å². The number of benzene rings is 2. The molecule has 3 nitrogen and oxygen atoms in total. The van der Waals surface area contributed by atoms with Gasteiger partial charge in [0.2, 0.25) is 0 Å². The number of hydrogen-bond donors (Lipinski definition) is 3. The summed E-state index contributed by atoms with van der Waals surface area (Å²) in [4.78, 5) is 6.51. The van der Waals surface area contributed by atoms with Crippen LogP contribution in [-0.4, -0.2) is 9.97 Å². The van der Waals surface area contributed by atoms with Crippen molar-refractivity contribution in [2.45, 2.75) is 13.1 Å². The molecule has 3 N–H and O–H groups in total. The summed E-state index contributed by atoms with van der Waals surface area (Å²) in [6.07, 6.45) is 3.99. The first-order valence-corrected chi connectivity index (χ1v) is 7.22. The lowest BCUT2D eigenvalue weighted by molar-refractivity contribution is 0.700. The number of hydrogen-bond acceptors (Lipinski definition) is 1. The molecule has 2 heterocycles. The minimum Gasteiger partial charge on any atom is -0.361 e. The molecule has 3 heteroatoms. The molecule has 104 valence electrons. The minimum absolute atomic E-state index is 0.871. The van der Waals surface area contributed by atoms with Crippen LogP contribution >= 0.6 is 0 Å². The number of nitrogens with one attached hydrogen (secondary N) is 3. The van der Waals surface area contributed by atoms with Gasteiger partial charge in [-0.05, 0) is 35.4 Å². The van der Waals surface area contributed by atoms with Crippen LogP contribution in [0, 0.1) is 0 Å². The van der Waals surface area contributed by atoms with E-state index < -0.39 is 0 Å². The van der Waals surface area contributed by atoms with Crippen LogP contribution < -0.4 is 5.32 Å². The van der Waals surface area contributed by atoms with Crippen molar-refractivity contribution in [2.75, 3.05) is 0 Å². The number of aromatic amines is 2. The second-order valence-corrected chi connectivity index (χ2v) is 5.32. The molecule has 0 aliphatic rings. The summed E-state index contributed by atoms with van der Waals surface area (Å²) in [5.41, 5.74) is 5.05. The highest BCUT2D eigenvalue weighted by Gasteiger charge is 2.03. The summed E-state index contributed by atoms with van der Waals surface area (Å²) < 4.78 is 0. The van der Waals surface area contributed by atoms with Crippen LogP contribution in [-0.2, 0) is 13.1 Å². The first-order chi connectivity index (χ1) is 10.4. The first kappa shape index (κ1) is 12.2. The average Bonchev–Trinajstić information content (AvgIpc) is 3.16. The lowest BCUT2D eigenvalue weighted by atomic mass is 10.1. The lowest BCUT2D eigenvalue weighted by Gasteiger charge is -2.07. The predicted octanol–water partition coefficient (Wildman–Crippen LogP) is 3.94. The summed E-state index contributed by atoms with van der Waals surface area (Å²) in [5.74, 6) is 0. The van der Waals surface area contributed by atoms with Crippen molar-refractivity contribution in [3.63, 3.8) is 0 Å². The van der Waals surface area contributed by atoms with E-state index in [0.717, 1.165) is 13.1 Å².